The summed E-state index contributed by atoms with van der Waals surface area (Å²) in [7, 11) is 0. The first-order valence-electron chi connectivity index (χ1n) is 6.57. The lowest BCUT2D eigenvalue weighted by Gasteiger charge is -2.17. The Hall–Kier alpha value is -1.70. The van der Waals surface area contributed by atoms with Crippen LogP contribution in [0.5, 0.6) is 0 Å². The summed E-state index contributed by atoms with van der Waals surface area (Å²) in [5.41, 5.74) is 5.72. The zero-order chi connectivity index (χ0) is 15.0. The quantitative estimate of drug-likeness (QED) is 0.674. The molecule has 2 aromatic rings. The van der Waals surface area contributed by atoms with E-state index in [4.69, 9.17) is 21.9 Å². The monoisotopic (exact) mass is 344 g/mol. The molecule has 1 fully saturated rings. The van der Waals surface area contributed by atoms with Crippen LogP contribution < -0.4 is 5.73 Å². The third-order valence-electron chi connectivity index (χ3n) is 3.75. The van der Waals surface area contributed by atoms with Crippen LogP contribution in [0.25, 0.3) is 11.5 Å². The van der Waals surface area contributed by atoms with Crippen molar-refractivity contribution in [3.05, 3.63) is 39.2 Å². The number of nitrogens with zero attached hydrogens (tertiary/aromatic N) is 3. The molecule has 1 saturated carbocycles. The van der Waals surface area contributed by atoms with E-state index in [-0.39, 0.29) is 29.5 Å². The first-order valence-corrected chi connectivity index (χ1v) is 6.95. The van der Waals surface area contributed by atoms with Crippen LogP contribution in [0.3, 0.4) is 0 Å². The van der Waals surface area contributed by atoms with Gasteiger partial charge in [0.15, 0.2) is 5.82 Å². The van der Waals surface area contributed by atoms with Gasteiger partial charge >= 0.3 is 0 Å². The van der Waals surface area contributed by atoms with Crippen molar-refractivity contribution in [2.75, 3.05) is 0 Å². The van der Waals surface area contributed by atoms with Crippen molar-refractivity contribution in [2.45, 2.75) is 31.2 Å². The van der Waals surface area contributed by atoms with E-state index in [0.717, 1.165) is 25.7 Å². The molecular weight excluding hydrogens is 331 g/mol. The number of hydrogen-bond donors (Lipinski definition) is 1. The van der Waals surface area contributed by atoms with Crippen LogP contribution in [-0.2, 0) is 5.54 Å². The standard InChI is InChI=1S/C13H13ClN4O3.ClH/c14-8-3-4-10(18(19)20)9(7-8)11-16-12(17-21-11)13(15)5-1-2-6-13;/h3-4,7H,1-2,5-6,15H2;1H. The molecule has 1 aromatic carbocycles. The highest BCUT2D eigenvalue weighted by molar-refractivity contribution is 6.31. The fraction of sp³-hybridized carbons (Fsp3) is 0.385. The molecule has 1 aliphatic carbocycles. The van der Waals surface area contributed by atoms with Gasteiger partial charge in [-0.1, -0.05) is 29.6 Å². The summed E-state index contributed by atoms with van der Waals surface area (Å²) in [5, 5.41) is 15.3. The number of benzene rings is 1. The van der Waals surface area contributed by atoms with E-state index in [1.54, 1.807) is 0 Å². The maximum atomic E-state index is 11.1. The molecule has 1 heterocycles. The van der Waals surface area contributed by atoms with Gasteiger partial charge in [-0.05, 0) is 25.0 Å². The predicted octanol–water partition coefficient (Wildman–Crippen LogP) is 3.45. The van der Waals surface area contributed by atoms with E-state index in [1.807, 2.05) is 0 Å². The molecule has 0 spiro atoms. The number of rotatable bonds is 3. The smallest absolute Gasteiger partial charge is 0.282 e. The number of nitrogens with two attached hydrogens (primary N) is 1. The summed E-state index contributed by atoms with van der Waals surface area (Å²) in [6.07, 6.45) is 3.59. The van der Waals surface area contributed by atoms with Gasteiger partial charge in [-0.2, -0.15) is 4.98 Å². The Morgan fingerprint density at radius 2 is 2.05 bits per heavy atom. The average molecular weight is 345 g/mol. The third kappa shape index (κ3) is 2.92. The zero-order valence-corrected chi connectivity index (χ0v) is 13.1. The minimum atomic E-state index is -0.602. The summed E-state index contributed by atoms with van der Waals surface area (Å²) >= 11 is 5.90. The molecule has 1 aliphatic rings. The van der Waals surface area contributed by atoms with Gasteiger partial charge in [-0.3, -0.25) is 10.1 Å². The second-order valence-corrected chi connectivity index (χ2v) is 5.64. The average Bonchev–Trinajstić information content (AvgIpc) is 3.07. The van der Waals surface area contributed by atoms with Crippen molar-refractivity contribution in [1.29, 1.82) is 0 Å². The molecular formula is C13H14Cl2N4O3. The van der Waals surface area contributed by atoms with Crippen LogP contribution in [-0.4, -0.2) is 15.1 Å². The molecule has 0 atom stereocenters. The topological polar surface area (TPSA) is 108 Å². The third-order valence-corrected chi connectivity index (χ3v) is 3.99. The van der Waals surface area contributed by atoms with Gasteiger partial charge in [0.05, 0.1) is 10.5 Å². The fourth-order valence-corrected chi connectivity index (χ4v) is 2.78. The maximum Gasteiger partial charge on any atom is 0.282 e. The number of hydrogen-bond acceptors (Lipinski definition) is 6. The van der Waals surface area contributed by atoms with E-state index in [2.05, 4.69) is 10.1 Å². The van der Waals surface area contributed by atoms with Gasteiger partial charge in [0.1, 0.15) is 5.56 Å². The molecule has 22 heavy (non-hydrogen) atoms. The van der Waals surface area contributed by atoms with Crippen molar-refractivity contribution in [2.24, 2.45) is 5.73 Å². The normalized spacial score (nSPS) is 16.3. The number of aromatic nitrogens is 2. The molecule has 118 valence electrons. The number of halogens is 2. The Bertz CT molecular complexity index is 698. The summed E-state index contributed by atoms with van der Waals surface area (Å²) in [5.74, 6) is 0.459. The molecule has 0 aliphatic heterocycles. The molecule has 3 rings (SSSR count). The van der Waals surface area contributed by atoms with Gasteiger partial charge < -0.3 is 10.3 Å². The summed E-state index contributed by atoms with van der Waals surface area (Å²) in [6.45, 7) is 0. The van der Waals surface area contributed by atoms with Crippen LogP contribution >= 0.6 is 24.0 Å². The predicted molar refractivity (Wildman–Crippen MR) is 83.0 cm³/mol. The van der Waals surface area contributed by atoms with Crippen LogP contribution in [0.4, 0.5) is 5.69 Å². The second-order valence-electron chi connectivity index (χ2n) is 5.20. The van der Waals surface area contributed by atoms with Gasteiger partial charge in [0.25, 0.3) is 11.6 Å². The van der Waals surface area contributed by atoms with Crippen molar-refractivity contribution >= 4 is 29.7 Å². The highest BCUT2D eigenvalue weighted by Gasteiger charge is 2.36. The first-order chi connectivity index (χ1) is 9.99. The molecule has 9 heteroatoms. The number of nitro groups is 1. The maximum absolute atomic E-state index is 11.1. The van der Waals surface area contributed by atoms with Crippen molar-refractivity contribution in [3.63, 3.8) is 0 Å². The van der Waals surface area contributed by atoms with Gasteiger partial charge in [0, 0.05) is 11.1 Å². The summed E-state index contributed by atoms with van der Waals surface area (Å²) in [4.78, 5) is 14.8. The minimum absolute atomic E-state index is 0. The van der Waals surface area contributed by atoms with Crippen LogP contribution in [0.2, 0.25) is 5.02 Å². The molecule has 0 unspecified atom stereocenters. The lowest BCUT2D eigenvalue weighted by Crippen LogP contribution is -2.34. The Morgan fingerprint density at radius 1 is 1.36 bits per heavy atom. The van der Waals surface area contributed by atoms with Gasteiger partial charge in [0.2, 0.25) is 0 Å². The van der Waals surface area contributed by atoms with Crippen molar-refractivity contribution in [1.82, 2.24) is 10.1 Å². The SMILES string of the molecule is Cl.NC1(c2noc(-c3cc(Cl)ccc3[N+](=O)[O-])n2)CCCC1. The molecule has 0 amide bonds. The highest BCUT2D eigenvalue weighted by atomic mass is 35.5. The Balaban J connectivity index is 0.00000176. The largest absolute Gasteiger partial charge is 0.334 e. The Kier molecular flexibility index (Phi) is 4.69. The summed E-state index contributed by atoms with van der Waals surface area (Å²) in [6, 6.07) is 4.20. The molecule has 7 nitrogen and oxygen atoms in total. The summed E-state index contributed by atoms with van der Waals surface area (Å²) < 4.78 is 5.17. The highest BCUT2D eigenvalue weighted by Crippen LogP contribution is 2.37. The van der Waals surface area contributed by atoms with E-state index in [9.17, 15) is 10.1 Å². The van der Waals surface area contributed by atoms with Crippen LogP contribution in [0.15, 0.2) is 22.7 Å². The second kappa shape index (κ2) is 6.20. The molecule has 0 bridgehead atoms. The zero-order valence-electron chi connectivity index (χ0n) is 11.5. The molecule has 0 saturated heterocycles. The van der Waals surface area contributed by atoms with Gasteiger partial charge in [-0.15, -0.1) is 12.4 Å². The fourth-order valence-electron chi connectivity index (χ4n) is 2.60. The lowest BCUT2D eigenvalue weighted by atomic mass is 9.98. The van der Waals surface area contributed by atoms with E-state index >= 15 is 0 Å². The van der Waals surface area contributed by atoms with Crippen molar-refractivity contribution in [3.8, 4) is 11.5 Å². The molecule has 2 N–H and O–H groups in total. The van der Waals surface area contributed by atoms with Crippen LogP contribution in [0, 0.1) is 10.1 Å². The Morgan fingerprint density at radius 3 is 2.68 bits per heavy atom. The molecule has 0 radical (unpaired) electrons. The molecule has 1 aromatic heterocycles. The van der Waals surface area contributed by atoms with Crippen molar-refractivity contribution < 1.29 is 9.45 Å². The van der Waals surface area contributed by atoms with E-state index in [1.165, 1.54) is 18.2 Å². The van der Waals surface area contributed by atoms with Gasteiger partial charge in [-0.25, -0.2) is 0 Å². The number of nitro benzene ring substituents is 1. The van der Waals surface area contributed by atoms with E-state index in [0.29, 0.717) is 10.8 Å². The lowest BCUT2D eigenvalue weighted by molar-refractivity contribution is -0.384. The van der Waals surface area contributed by atoms with E-state index < -0.39 is 10.5 Å². The minimum Gasteiger partial charge on any atom is -0.334 e. The first kappa shape index (κ1) is 16.7. The Labute approximate surface area is 137 Å². The van der Waals surface area contributed by atoms with Crippen LogP contribution in [0.1, 0.15) is 31.5 Å².